The summed E-state index contributed by atoms with van der Waals surface area (Å²) < 4.78 is 1.55. The van der Waals surface area contributed by atoms with Crippen LogP contribution >= 0.6 is 0 Å². The third-order valence-electron chi connectivity index (χ3n) is 3.01. The van der Waals surface area contributed by atoms with Gasteiger partial charge in [-0.3, -0.25) is 4.79 Å². The molecule has 0 aliphatic rings. The maximum absolute atomic E-state index is 12.1. The summed E-state index contributed by atoms with van der Waals surface area (Å²) in [4.78, 5) is 20.3. The molecule has 1 atom stereocenters. The van der Waals surface area contributed by atoms with Crippen LogP contribution in [0.5, 0.6) is 0 Å². The number of nitrogens with zero attached hydrogens (tertiary/aromatic N) is 4. The Balaban J connectivity index is 2.16. The van der Waals surface area contributed by atoms with Gasteiger partial charge in [0.05, 0.1) is 0 Å². The molecule has 0 spiro atoms. The minimum atomic E-state index is -0.314. The Morgan fingerprint density at radius 1 is 1.50 bits per heavy atom. The normalized spacial score (nSPS) is 12.8. The van der Waals surface area contributed by atoms with E-state index in [0.29, 0.717) is 18.2 Å². The standard InChI is InChI=1S/C13H20N6O/c1-8(2)6-10(7-14)16-12(20)11-17-13-15-5-4-9(3)19(13)18-11/h4-5,8,10H,6-7,14H2,1-3H3,(H,16,20). The number of carbonyl (C=O) groups is 1. The summed E-state index contributed by atoms with van der Waals surface area (Å²) in [7, 11) is 0. The van der Waals surface area contributed by atoms with Crippen molar-refractivity contribution < 1.29 is 4.79 Å². The lowest BCUT2D eigenvalue weighted by Crippen LogP contribution is -2.41. The number of rotatable bonds is 5. The molecule has 0 bridgehead atoms. The number of hydrogen-bond donors (Lipinski definition) is 2. The topological polar surface area (TPSA) is 98.2 Å². The van der Waals surface area contributed by atoms with Crippen molar-refractivity contribution in [3.8, 4) is 0 Å². The molecule has 0 aliphatic carbocycles. The summed E-state index contributed by atoms with van der Waals surface area (Å²) in [6.07, 6.45) is 2.47. The molecule has 0 saturated carbocycles. The van der Waals surface area contributed by atoms with Crippen LogP contribution in [0, 0.1) is 12.8 Å². The third-order valence-corrected chi connectivity index (χ3v) is 3.01. The number of aryl methyl sites for hydroxylation is 1. The highest BCUT2D eigenvalue weighted by molar-refractivity contribution is 5.91. The first kappa shape index (κ1) is 14.4. The smallest absolute Gasteiger partial charge is 0.291 e. The van der Waals surface area contributed by atoms with Crippen LogP contribution in [0.2, 0.25) is 0 Å². The minimum Gasteiger partial charge on any atom is -0.345 e. The molecule has 2 aromatic rings. The van der Waals surface area contributed by atoms with E-state index in [-0.39, 0.29) is 17.8 Å². The summed E-state index contributed by atoms with van der Waals surface area (Å²) >= 11 is 0. The van der Waals surface area contributed by atoms with Gasteiger partial charge in [0.1, 0.15) is 0 Å². The van der Waals surface area contributed by atoms with E-state index in [1.807, 2.05) is 13.0 Å². The third kappa shape index (κ3) is 3.11. The Bertz CT molecular complexity index is 606. The van der Waals surface area contributed by atoms with Gasteiger partial charge in [-0.05, 0) is 25.3 Å². The average molecular weight is 276 g/mol. The van der Waals surface area contributed by atoms with Crippen molar-refractivity contribution in [3.05, 3.63) is 23.8 Å². The van der Waals surface area contributed by atoms with Gasteiger partial charge in [-0.25, -0.2) is 9.50 Å². The summed E-state index contributed by atoms with van der Waals surface area (Å²) in [5.41, 5.74) is 6.55. The summed E-state index contributed by atoms with van der Waals surface area (Å²) in [6.45, 7) is 6.46. The van der Waals surface area contributed by atoms with Gasteiger partial charge in [-0.1, -0.05) is 13.8 Å². The molecule has 1 amide bonds. The minimum absolute atomic E-state index is 0.0665. The number of nitrogens with one attached hydrogen (secondary N) is 1. The lowest BCUT2D eigenvalue weighted by molar-refractivity contribution is 0.0923. The number of nitrogens with two attached hydrogens (primary N) is 1. The monoisotopic (exact) mass is 276 g/mol. The van der Waals surface area contributed by atoms with E-state index in [4.69, 9.17) is 5.73 Å². The molecule has 7 heteroatoms. The van der Waals surface area contributed by atoms with E-state index in [9.17, 15) is 4.79 Å². The van der Waals surface area contributed by atoms with E-state index in [2.05, 4.69) is 34.2 Å². The zero-order chi connectivity index (χ0) is 14.7. The van der Waals surface area contributed by atoms with Gasteiger partial charge in [-0.2, -0.15) is 4.98 Å². The molecular weight excluding hydrogens is 256 g/mol. The van der Waals surface area contributed by atoms with Crippen LogP contribution in [0.3, 0.4) is 0 Å². The van der Waals surface area contributed by atoms with Crippen LogP contribution in [0.15, 0.2) is 12.3 Å². The van der Waals surface area contributed by atoms with Gasteiger partial charge in [0.25, 0.3) is 11.7 Å². The van der Waals surface area contributed by atoms with Crippen LogP contribution in [-0.4, -0.2) is 38.1 Å². The molecule has 3 N–H and O–H groups in total. The van der Waals surface area contributed by atoms with E-state index in [1.54, 1.807) is 10.7 Å². The number of hydrogen-bond acceptors (Lipinski definition) is 5. The molecule has 7 nitrogen and oxygen atoms in total. The van der Waals surface area contributed by atoms with Gasteiger partial charge in [-0.15, -0.1) is 5.10 Å². The first-order valence-electron chi connectivity index (χ1n) is 6.70. The number of carbonyl (C=O) groups excluding carboxylic acids is 1. The second kappa shape index (κ2) is 5.96. The lowest BCUT2D eigenvalue weighted by atomic mass is 10.0. The molecule has 0 aliphatic heterocycles. The van der Waals surface area contributed by atoms with Crippen molar-refractivity contribution in [2.75, 3.05) is 6.54 Å². The van der Waals surface area contributed by atoms with Crippen molar-refractivity contribution >= 4 is 11.7 Å². The number of aromatic nitrogens is 4. The SMILES string of the molecule is Cc1ccnc2nc(C(=O)NC(CN)CC(C)C)nn12. The van der Waals surface area contributed by atoms with Gasteiger partial charge in [0.2, 0.25) is 5.82 Å². The highest BCUT2D eigenvalue weighted by atomic mass is 16.2. The fourth-order valence-corrected chi connectivity index (χ4v) is 2.04. The second-order valence-corrected chi connectivity index (χ2v) is 5.27. The molecule has 108 valence electrons. The molecule has 2 heterocycles. The fraction of sp³-hybridized carbons (Fsp3) is 0.538. The molecular formula is C13H20N6O. The zero-order valence-corrected chi connectivity index (χ0v) is 12.0. The van der Waals surface area contributed by atoms with Crippen molar-refractivity contribution in [1.82, 2.24) is 24.9 Å². The van der Waals surface area contributed by atoms with Crippen molar-refractivity contribution in [2.24, 2.45) is 11.7 Å². The van der Waals surface area contributed by atoms with Crippen molar-refractivity contribution in [1.29, 1.82) is 0 Å². The largest absolute Gasteiger partial charge is 0.345 e. The van der Waals surface area contributed by atoms with Crippen molar-refractivity contribution in [2.45, 2.75) is 33.2 Å². The predicted octanol–water partition coefficient (Wildman–Crippen LogP) is 0.536. The second-order valence-electron chi connectivity index (χ2n) is 5.27. The van der Waals surface area contributed by atoms with Crippen LogP contribution < -0.4 is 11.1 Å². The first-order chi connectivity index (χ1) is 9.51. The van der Waals surface area contributed by atoms with E-state index in [0.717, 1.165) is 12.1 Å². The Labute approximate surface area is 117 Å². The first-order valence-corrected chi connectivity index (χ1v) is 6.70. The van der Waals surface area contributed by atoms with Crippen LogP contribution in [0.1, 0.15) is 36.6 Å². The molecule has 1 unspecified atom stereocenters. The maximum Gasteiger partial charge on any atom is 0.291 e. The molecule has 0 aromatic carbocycles. The zero-order valence-electron chi connectivity index (χ0n) is 12.0. The Hall–Kier alpha value is -2.02. The number of amides is 1. The van der Waals surface area contributed by atoms with Gasteiger partial charge >= 0.3 is 0 Å². The Morgan fingerprint density at radius 3 is 2.85 bits per heavy atom. The van der Waals surface area contributed by atoms with Crippen LogP contribution in [-0.2, 0) is 0 Å². The Morgan fingerprint density at radius 2 is 2.25 bits per heavy atom. The molecule has 0 fully saturated rings. The summed E-state index contributed by atoms with van der Waals surface area (Å²) in [5.74, 6) is 0.685. The highest BCUT2D eigenvalue weighted by Crippen LogP contribution is 2.05. The van der Waals surface area contributed by atoms with Crippen molar-refractivity contribution in [3.63, 3.8) is 0 Å². The highest BCUT2D eigenvalue weighted by Gasteiger charge is 2.18. The molecule has 2 aromatic heterocycles. The lowest BCUT2D eigenvalue weighted by Gasteiger charge is -2.17. The summed E-state index contributed by atoms with van der Waals surface area (Å²) in [6, 6.07) is 1.74. The Kier molecular flexibility index (Phi) is 4.29. The molecule has 20 heavy (non-hydrogen) atoms. The van der Waals surface area contributed by atoms with Gasteiger partial charge in [0.15, 0.2) is 0 Å². The van der Waals surface area contributed by atoms with E-state index in [1.165, 1.54) is 0 Å². The van der Waals surface area contributed by atoms with E-state index >= 15 is 0 Å². The fourth-order valence-electron chi connectivity index (χ4n) is 2.04. The van der Waals surface area contributed by atoms with Gasteiger partial charge in [0, 0.05) is 24.5 Å². The number of fused-ring (bicyclic) bond motifs is 1. The van der Waals surface area contributed by atoms with Gasteiger partial charge < -0.3 is 11.1 Å². The molecule has 0 radical (unpaired) electrons. The predicted molar refractivity (Wildman–Crippen MR) is 75.3 cm³/mol. The molecule has 0 saturated heterocycles. The van der Waals surface area contributed by atoms with Crippen LogP contribution in [0.25, 0.3) is 5.78 Å². The molecule has 2 rings (SSSR count). The maximum atomic E-state index is 12.1. The van der Waals surface area contributed by atoms with Crippen LogP contribution in [0.4, 0.5) is 0 Å². The summed E-state index contributed by atoms with van der Waals surface area (Å²) in [5, 5.41) is 7.03. The van der Waals surface area contributed by atoms with E-state index < -0.39 is 0 Å². The average Bonchev–Trinajstić information content (AvgIpc) is 2.83. The quantitative estimate of drug-likeness (QED) is 0.830.